The molecular formula is C12H18N4O3S. The van der Waals surface area contributed by atoms with E-state index in [0.717, 1.165) is 0 Å². The van der Waals surface area contributed by atoms with Crippen LogP contribution in [0.15, 0.2) is 29.7 Å². The number of H-pyrrole nitrogens is 1. The van der Waals surface area contributed by atoms with Gasteiger partial charge in [-0.1, -0.05) is 6.08 Å². The number of carbonyl (C=O) groups is 1. The molecule has 1 saturated heterocycles. The topological polar surface area (TPSA) is 86.4 Å². The zero-order valence-electron chi connectivity index (χ0n) is 11.3. The number of allylic oxidation sites excluding steroid dienone is 1. The quantitative estimate of drug-likeness (QED) is 0.808. The van der Waals surface area contributed by atoms with E-state index in [0.29, 0.717) is 32.6 Å². The van der Waals surface area contributed by atoms with Gasteiger partial charge in [-0.05, 0) is 19.4 Å². The van der Waals surface area contributed by atoms with Crippen molar-refractivity contribution in [3.63, 3.8) is 0 Å². The molecule has 8 heteroatoms. The molecule has 1 aromatic rings. The molecule has 0 bridgehead atoms. The maximum Gasteiger partial charge on any atom is 0.260 e. The summed E-state index contributed by atoms with van der Waals surface area (Å²) in [5, 5.41) is 0.0886. The highest BCUT2D eigenvalue weighted by Gasteiger charge is 2.28. The van der Waals surface area contributed by atoms with Crippen molar-refractivity contribution >= 4 is 15.9 Å². The van der Waals surface area contributed by atoms with E-state index in [1.54, 1.807) is 17.9 Å². The fourth-order valence-corrected chi connectivity index (χ4v) is 3.49. The number of imidazole rings is 1. The van der Waals surface area contributed by atoms with Gasteiger partial charge >= 0.3 is 0 Å². The predicted octanol–water partition coefficient (Wildman–Crippen LogP) is 0.209. The van der Waals surface area contributed by atoms with Gasteiger partial charge in [-0.3, -0.25) is 4.79 Å². The summed E-state index contributed by atoms with van der Waals surface area (Å²) in [6, 6.07) is 0. The Morgan fingerprint density at radius 2 is 2.15 bits per heavy atom. The fourth-order valence-electron chi connectivity index (χ4n) is 2.13. The van der Waals surface area contributed by atoms with Crippen molar-refractivity contribution in [2.75, 3.05) is 26.2 Å². The second kappa shape index (κ2) is 6.19. The van der Waals surface area contributed by atoms with Crippen molar-refractivity contribution in [2.24, 2.45) is 0 Å². The molecule has 1 amide bonds. The van der Waals surface area contributed by atoms with Crippen LogP contribution in [0.5, 0.6) is 0 Å². The molecule has 1 aliphatic heterocycles. The minimum absolute atomic E-state index is 0.0757. The maximum atomic E-state index is 12.3. The van der Waals surface area contributed by atoms with E-state index in [2.05, 4.69) is 9.97 Å². The van der Waals surface area contributed by atoms with Gasteiger partial charge in [0.1, 0.15) is 0 Å². The molecular weight excluding hydrogens is 280 g/mol. The normalized spacial score (nSPS) is 18.4. The van der Waals surface area contributed by atoms with Gasteiger partial charge in [-0.25, -0.2) is 13.4 Å². The number of hydrogen-bond donors (Lipinski definition) is 1. The van der Waals surface area contributed by atoms with Gasteiger partial charge in [0.2, 0.25) is 5.91 Å². The molecule has 0 radical (unpaired) electrons. The summed E-state index contributed by atoms with van der Waals surface area (Å²) >= 11 is 0. The first-order chi connectivity index (χ1) is 9.55. The first-order valence-electron chi connectivity index (χ1n) is 6.46. The molecule has 2 rings (SSSR count). The molecule has 1 fully saturated rings. The number of amides is 1. The summed E-state index contributed by atoms with van der Waals surface area (Å²) < 4.78 is 26.1. The fraction of sp³-hybridized carbons (Fsp3) is 0.500. The molecule has 20 heavy (non-hydrogen) atoms. The second-order valence-corrected chi connectivity index (χ2v) is 6.41. The van der Waals surface area contributed by atoms with Crippen molar-refractivity contribution in [1.29, 1.82) is 0 Å². The molecule has 1 aliphatic rings. The Bertz CT molecular complexity index is 580. The van der Waals surface area contributed by atoms with Crippen LogP contribution in [-0.2, 0) is 14.8 Å². The van der Waals surface area contributed by atoms with Crippen LogP contribution < -0.4 is 0 Å². The number of carbonyl (C=O) groups excluding carboxylic acids is 1. The molecule has 0 aromatic carbocycles. The van der Waals surface area contributed by atoms with Crippen molar-refractivity contribution in [3.05, 3.63) is 24.7 Å². The Morgan fingerprint density at radius 1 is 1.35 bits per heavy atom. The third kappa shape index (κ3) is 3.07. The van der Waals surface area contributed by atoms with E-state index in [-0.39, 0.29) is 10.9 Å². The molecule has 0 unspecified atom stereocenters. The van der Waals surface area contributed by atoms with Gasteiger partial charge in [0.25, 0.3) is 10.0 Å². The van der Waals surface area contributed by atoms with Crippen molar-refractivity contribution in [3.8, 4) is 0 Å². The average Bonchev–Trinajstić information content (AvgIpc) is 2.84. The lowest BCUT2D eigenvalue weighted by Crippen LogP contribution is -2.36. The van der Waals surface area contributed by atoms with Crippen molar-refractivity contribution < 1.29 is 13.2 Å². The van der Waals surface area contributed by atoms with E-state index in [1.165, 1.54) is 22.9 Å². The summed E-state index contributed by atoms with van der Waals surface area (Å²) in [5.74, 6) is -0.0757. The van der Waals surface area contributed by atoms with Crippen LogP contribution in [0.1, 0.15) is 13.3 Å². The van der Waals surface area contributed by atoms with Crippen LogP contribution >= 0.6 is 0 Å². The number of sulfonamides is 1. The Labute approximate surface area is 118 Å². The molecule has 0 spiro atoms. The standard InChI is InChI=1S/C12H18N4O3S/c1-2-4-12(17)15-5-3-6-16(8-7-15)20(18,19)11-9-13-10-14-11/h2,4,9-10H,3,5-8H2,1H3,(H,13,14)/b4-2+. The maximum absolute atomic E-state index is 12.3. The lowest BCUT2D eigenvalue weighted by atomic mass is 10.3. The summed E-state index contributed by atoms with van der Waals surface area (Å²) in [5.41, 5.74) is 0. The van der Waals surface area contributed by atoms with E-state index in [4.69, 9.17) is 0 Å². The summed E-state index contributed by atoms with van der Waals surface area (Å²) in [7, 11) is -3.54. The number of nitrogens with one attached hydrogen (secondary N) is 1. The minimum Gasteiger partial charge on any atom is -0.338 e. The predicted molar refractivity (Wildman–Crippen MR) is 73.4 cm³/mol. The molecule has 1 N–H and O–H groups in total. The molecule has 110 valence electrons. The number of nitrogens with zero attached hydrogens (tertiary/aromatic N) is 3. The molecule has 7 nitrogen and oxygen atoms in total. The van der Waals surface area contributed by atoms with Crippen LogP contribution in [0.3, 0.4) is 0 Å². The number of hydrogen-bond acceptors (Lipinski definition) is 4. The number of aromatic nitrogens is 2. The van der Waals surface area contributed by atoms with Gasteiger partial charge in [-0.15, -0.1) is 0 Å². The van der Waals surface area contributed by atoms with Crippen LogP contribution in [0.2, 0.25) is 0 Å². The first-order valence-corrected chi connectivity index (χ1v) is 7.90. The van der Waals surface area contributed by atoms with Crippen LogP contribution in [0.25, 0.3) is 0 Å². The lowest BCUT2D eigenvalue weighted by Gasteiger charge is -2.20. The summed E-state index contributed by atoms with van der Waals surface area (Å²) in [6.45, 7) is 3.45. The molecule has 2 heterocycles. The van der Waals surface area contributed by atoms with E-state index in [1.807, 2.05) is 0 Å². The van der Waals surface area contributed by atoms with Crippen molar-refractivity contribution in [2.45, 2.75) is 18.4 Å². The van der Waals surface area contributed by atoms with E-state index in [9.17, 15) is 13.2 Å². The highest BCUT2D eigenvalue weighted by Crippen LogP contribution is 2.15. The smallest absolute Gasteiger partial charge is 0.260 e. The number of rotatable bonds is 3. The Morgan fingerprint density at radius 3 is 2.80 bits per heavy atom. The van der Waals surface area contributed by atoms with Gasteiger partial charge in [0.15, 0.2) is 5.03 Å². The average molecular weight is 298 g/mol. The highest BCUT2D eigenvalue weighted by atomic mass is 32.2. The Kier molecular flexibility index (Phi) is 4.56. The monoisotopic (exact) mass is 298 g/mol. The highest BCUT2D eigenvalue weighted by molar-refractivity contribution is 7.89. The lowest BCUT2D eigenvalue weighted by molar-refractivity contribution is -0.125. The van der Waals surface area contributed by atoms with Crippen LogP contribution in [0.4, 0.5) is 0 Å². The SMILES string of the molecule is C/C=C/C(=O)N1CCCN(S(=O)(=O)c2cnc[nH]2)CC1. The first kappa shape index (κ1) is 14.7. The van der Waals surface area contributed by atoms with E-state index >= 15 is 0 Å². The molecule has 1 aromatic heterocycles. The number of aromatic amines is 1. The summed E-state index contributed by atoms with van der Waals surface area (Å²) in [4.78, 5) is 19.8. The third-order valence-electron chi connectivity index (χ3n) is 3.17. The Hall–Kier alpha value is -1.67. The summed E-state index contributed by atoms with van der Waals surface area (Å²) in [6.07, 6.45) is 6.44. The molecule has 0 aliphatic carbocycles. The van der Waals surface area contributed by atoms with E-state index < -0.39 is 10.0 Å². The second-order valence-electron chi connectivity index (χ2n) is 4.50. The van der Waals surface area contributed by atoms with Gasteiger partial charge in [0.05, 0.1) is 12.5 Å². The molecule has 0 saturated carbocycles. The van der Waals surface area contributed by atoms with Crippen LogP contribution in [0, 0.1) is 0 Å². The Balaban J connectivity index is 2.08. The zero-order chi connectivity index (χ0) is 14.6. The largest absolute Gasteiger partial charge is 0.338 e. The zero-order valence-corrected chi connectivity index (χ0v) is 12.1. The van der Waals surface area contributed by atoms with Gasteiger partial charge in [0, 0.05) is 26.2 Å². The molecule has 0 atom stereocenters. The minimum atomic E-state index is -3.54. The van der Waals surface area contributed by atoms with Gasteiger partial charge < -0.3 is 9.88 Å². The third-order valence-corrected chi connectivity index (χ3v) is 4.99. The van der Waals surface area contributed by atoms with Crippen molar-refractivity contribution in [1.82, 2.24) is 19.2 Å². The van der Waals surface area contributed by atoms with Crippen LogP contribution in [-0.4, -0.2) is 59.7 Å². The van der Waals surface area contributed by atoms with Gasteiger partial charge in [-0.2, -0.15) is 4.31 Å².